The zero-order valence-electron chi connectivity index (χ0n) is 11.1. The van der Waals surface area contributed by atoms with Gasteiger partial charge in [-0.2, -0.15) is 0 Å². The number of likely N-dealkylation sites (tertiary alicyclic amines) is 1. The van der Waals surface area contributed by atoms with Crippen LogP contribution in [0, 0.1) is 5.92 Å². The molecule has 4 nitrogen and oxygen atoms in total. The first-order valence-electron chi connectivity index (χ1n) is 7.17. The van der Waals surface area contributed by atoms with E-state index in [2.05, 4.69) is 27.3 Å². The summed E-state index contributed by atoms with van der Waals surface area (Å²) in [5.41, 5.74) is 0. The molecule has 2 fully saturated rings. The van der Waals surface area contributed by atoms with Crippen LogP contribution in [-0.2, 0) is 6.54 Å². The molecule has 1 aliphatic carbocycles. The lowest BCUT2D eigenvalue weighted by Crippen LogP contribution is -2.41. The Morgan fingerprint density at radius 2 is 2.17 bits per heavy atom. The third-order valence-corrected chi connectivity index (χ3v) is 5.11. The molecule has 100 valence electrons. The number of anilines is 1. The molecule has 2 heterocycles. The summed E-state index contributed by atoms with van der Waals surface area (Å²) in [7, 11) is 0. The molecule has 1 saturated heterocycles. The number of nitrogens with one attached hydrogen (secondary N) is 1. The fourth-order valence-electron chi connectivity index (χ4n) is 3.47. The van der Waals surface area contributed by atoms with Gasteiger partial charge in [0.2, 0.25) is 5.13 Å². The van der Waals surface area contributed by atoms with Crippen LogP contribution in [0.2, 0.25) is 0 Å². The van der Waals surface area contributed by atoms with Gasteiger partial charge in [0.05, 0.1) is 6.54 Å². The Morgan fingerprint density at radius 3 is 3.06 bits per heavy atom. The van der Waals surface area contributed by atoms with Crippen molar-refractivity contribution in [2.45, 2.75) is 51.6 Å². The minimum Gasteiger partial charge on any atom is -0.360 e. The van der Waals surface area contributed by atoms with Crippen molar-refractivity contribution in [3.05, 3.63) is 5.01 Å². The monoisotopic (exact) mass is 266 g/mol. The van der Waals surface area contributed by atoms with Crippen LogP contribution >= 0.6 is 11.3 Å². The summed E-state index contributed by atoms with van der Waals surface area (Å²) in [6.45, 7) is 5.26. The number of fused-ring (bicyclic) bond motifs is 1. The number of aromatic nitrogens is 2. The molecule has 0 radical (unpaired) electrons. The highest BCUT2D eigenvalue weighted by Gasteiger charge is 2.35. The summed E-state index contributed by atoms with van der Waals surface area (Å²) in [5.74, 6) is 0.958. The van der Waals surface area contributed by atoms with Gasteiger partial charge in [0.1, 0.15) is 5.01 Å². The SMILES string of the molecule is CCNc1nnc(CN2CCCC3CCCC32)s1. The average molecular weight is 266 g/mol. The molecule has 1 saturated carbocycles. The van der Waals surface area contributed by atoms with E-state index >= 15 is 0 Å². The number of hydrogen-bond donors (Lipinski definition) is 1. The number of nitrogens with zero attached hydrogens (tertiary/aromatic N) is 3. The Hall–Kier alpha value is -0.680. The summed E-state index contributed by atoms with van der Waals surface area (Å²) in [4.78, 5) is 2.65. The van der Waals surface area contributed by atoms with Crippen LogP contribution in [0.3, 0.4) is 0 Å². The third kappa shape index (κ3) is 2.52. The second-order valence-corrected chi connectivity index (χ2v) is 6.46. The lowest BCUT2D eigenvalue weighted by Gasteiger charge is -2.37. The standard InChI is InChI=1S/C13H22N4S/c1-2-14-13-16-15-12(18-13)9-17-8-4-6-10-5-3-7-11(10)17/h10-11H,2-9H2,1H3,(H,14,16). The molecular weight excluding hydrogens is 244 g/mol. The fraction of sp³-hybridized carbons (Fsp3) is 0.846. The molecule has 0 spiro atoms. The van der Waals surface area contributed by atoms with E-state index in [4.69, 9.17) is 0 Å². The van der Waals surface area contributed by atoms with Crippen molar-refractivity contribution in [3.63, 3.8) is 0 Å². The molecule has 2 unspecified atom stereocenters. The summed E-state index contributed by atoms with van der Waals surface area (Å²) >= 11 is 1.71. The van der Waals surface area contributed by atoms with Crippen LogP contribution in [0.15, 0.2) is 0 Å². The molecule has 1 N–H and O–H groups in total. The van der Waals surface area contributed by atoms with Gasteiger partial charge in [0.25, 0.3) is 0 Å². The van der Waals surface area contributed by atoms with Crippen molar-refractivity contribution in [2.75, 3.05) is 18.4 Å². The van der Waals surface area contributed by atoms with Gasteiger partial charge >= 0.3 is 0 Å². The van der Waals surface area contributed by atoms with Crippen molar-refractivity contribution in [2.24, 2.45) is 5.92 Å². The number of hydrogen-bond acceptors (Lipinski definition) is 5. The predicted octanol–water partition coefficient (Wildman–Crippen LogP) is 2.73. The first-order chi connectivity index (χ1) is 8.86. The maximum absolute atomic E-state index is 4.31. The predicted molar refractivity (Wildman–Crippen MR) is 74.8 cm³/mol. The van der Waals surface area contributed by atoms with Gasteiger partial charge < -0.3 is 5.32 Å². The molecule has 1 aromatic rings. The van der Waals surface area contributed by atoms with Gasteiger partial charge in [-0.15, -0.1) is 10.2 Å². The average Bonchev–Trinajstić information content (AvgIpc) is 2.99. The second-order valence-electron chi connectivity index (χ2n) is 5.40. The molecule has 1 aromatic heterocycles. The lowest BCUT2D eigenvalue weighted by molar-refractivity contribution is 0.105. The molecule has 1 aliphatic heterocycles. The third-order valence-electron chi connectivity index (χ3n) is 4.24. The van der Waals surface area contributed by atoms with Crippen LogP contribution in [0.4, 0.5) is 5.13 Å². The van der Waals surface area contributed by atoms with Crippen molar-refractivity contribution in [1.82, 2.24) is 15.1 Å². The minimum atomic E-state index is 0.824. The van der Waals surface area contributed by atoms with E-state index in [9.17, 15) is 0 Å². The van der Waals surface area contributed by atoms with Crippen molar-refractivity contribution in [3.8, 4) is 0 Å². The second kappa shape index (κ2) is 5.53. The summed E-state index contributed by atoms with van der Waals surface area (Å²) in [6, 6.07) is 0.824. The van der Waals surface area contributed by atoms with E-state index in [0.29, 0.717) is 0 Å². The Bertz CT molecular complexity index is 392. The molecule has 3 rings (SSSR count). The van der Waals surface area contributed by atoms with E-state index in [1.165, 1.54) is 43.7 Å². The van der Waals surface area contributed by atoms with Gasteiger partial charge in [0, 0.05) is 12.6 Å². The molecule has 2 atom stereocenters. The Morgan fingerprint density at radius 1 is 1.28 bits per heavy atom. The molecule has 2 aliphatic rings. The first kappa shape index (κ1) is 12.4. The zero-order valence-corrected chi connectivity index (χ0v) is 11.9. The largest absolute Gasteiger partial charge is 0.360 e. The topological polar surface area (TPSA) is 41.1 Å². The highest BCUT2D eigenvalue weighted by molar-refractivity contribution is 7.15. The van der Waals surface area contributed by atoms with E-state index < -0.39 is 0 Å². The maximum atomic E-state index is 4.31. The molecule has 5 heteroatoms. The highest BCUT2D eigenvalue weighted by Crippen LogP contribution is 2.37. The molecule has 18 heavy (non-hydrogen) atoms. The molecule has 0 bridgehead atoms. The molecular formula is C13H22N4S. The minimum absolute atomic E-state index is 0.824. The van der Waals surface area contributed by atoms with Gasteiger partial charge in [-0.05, 0) is 45.1 Å². The summed E-state index contributed by atoms with van der Waals surface area (Å²) < 4.78 is 0. The van der Waals surface area contributed by atoms with Gasteiger partial charge in [-0.3, -0.25) is 4.90 Å². The van der Waals surface area contributed by atoms with Gasteiger partial charge in [-0.25, -0.2) is 0 Å². The zero-order chi connectivity index (χ0) is 12.4. The van der Waals surface area contributed by atoms with Crippen molar-refractivity contribution < 1.29 is 0 Å². The van der Waals surface area contributed by atoms with E-state index in [-0.39, 0.29) is 0 Å². The highest BCUT2D eigenvalue weighted by atomic mass is 32.1. The Kier molecular flexibility index (Phi) is 3.80. The Labute approximate surface area is 113 Å². The molecule has 0 aromatic carbocycles. The van der Waals surface area contributed by atoms with Crippen LogP contribution in [0.25, 0.3) is 0 Å². The fourth-order valence-corrected chi connectivity index (χ4v) is 4.30. The van der Waals surface area contributed by atoms with Crippen LogP contribution < -0.4 is 5.32 Å². The van der Waals surface area contributed by atoms with E-state index in [1.54, 1.807) is 11.3 Å². The lowest BCUT2D eigenvalue weighted by atomic mass is 9.92. The van der Waals surface area contributed by atoms with Gasteiger partial charge in [0.15, 0.2) is 0 Å². The summed E-state index contributed by atoms with van der Waals surface area (Å²) in [6.07, 6.45) is 7.06. The normalized spacial score (nSPS) is 28.3. The van der Waals surface area contributed by atoms with E-state index in [0.717, 1.165) is 30.2 Å². The number of piperidine rings is 1. The molecule has 0 amide bonds. The van der Waals surface area contributed by atoms with E-state index in [1.807, 2.05) is 0 Å². The quantitative estimate of drug-likeness (QED) is 0.910. The van der Waals surface area contributed by atoms with Crippen molar-refractivity contribution >= 4 is 16.5 Å². The van der Waals surface area contributed by atoms with Crippen LogP contribution in [-0.4, -0.2) is 34.2 Å². The summed E-state index contributed by atoms with van der Waals surface area (Å²) in [5, 5.41) is 13.9. The Balaban J connectivity index is 1.63. The maximum Gasteiger partial charge on any atom is 0.205 e. The number of rotatable bonds is 4. The first-order valence-corrected chi connectivity index (χ1v) is 7.98. The van der Waals surface area contributed by atoms with Crippen LogP contribution in [0.1, 0.15) is 44.0 Å². The van der Waals surface area contributed by atoms with Crippen LogP contribution in [0.5, 0.6) is 0 Å². The van der Waals surface area contributed by atoms with Crippen molar-refractivity contribution in [1.29, 1.82) is 0 Å². The smallest absolute Gasteiger partial charge is 0.205 e. The van der Waals surface area contributed by atoms with Gasteiger partial charge in [-0.1, -0.05) is 17.8 Å².